The van der Waals surface area contributed by atoms with Crippen molar-refractivity contribution in [3.8, 4) is 0 Å². The van der Waals surface area contributed by atoms with Gasteiger partial charge in [-0.3, -0.25) is 14.4 Å². The van der Waals surface area contributed by atoms with Gasteiger partial charge < -0.3 is 4.74 Å². The normalized spacial score (nSPS) is 16.6. The molecule has 1 aliphatic carbocycles. The lowest BCUT2D eigenvalue weighted by molar-refractivity contribution is -0.151. The maximum Gasteiger partial charge on any atom is 0.316 e. The fraction of sp³-hybridized carbons (Fsp3) is 0.750. The highest BCUT2D eigenvalue weighted by molar-refractivity contribution is 6.04. The van der Waals surface area contributed by atoms with E-state index in [1.54, 1.807) is 0 Å². The lowest BCUT2D eigenvalue weighted by Crippen LogP contribution is -2.29. The topological polar surface area (TPSA) is 60.4 Å². The van der Waals surface area contributed by atoms with Crippen molar-refractivity contribution < 1.29 is 19.1 Å². The molecule has 0 radical (unpaired) electrons. The minimum atomic E-state index is -0.864. The lowest BCUT2D eigenvalue weighted by atomic mass is 9.93. The van der Waals surface area contributed by atoms with Crippen LogP contribution in [-0.4, -0.2) is 24.6 Å². The van der Waals surface area contributed by atoms with Gasteiger partial charge in [0.05, 0.1) is 7.11 Å². The molecule has 1 saturated carbocycles. The van der Waals surface area contributed by atoms with Crippen LogP contribution < -0.4 is 0 Å². The van der Waals surface area contributed by atoms with Crippen LogP contribution >= 0.6 is 0 Å². The largest absolute Gasteiger partial charge is 0.468 e. The molecule has 0 saturated heterocycles. The Morgan fingerprint density at radius 2 is 1.94 bits per heavy atom. The Bertz CT molecular complexity index is 291. The van der Waals surface area contributed by atoms with E-state index in [9.17, 15) is 14.4 Å². The van der Waals surface area contributed by atoms with Crippen molar-refractivity contribution in [3.05, 3.63) is 0 Å². The van der Waals surface area contributed by atoms with E-state index in [1.807, 2.05) is 6.92 Å². The minimum Gasteiger partial charge on any atom is -0.468 e. The molecule has 1 atom stereocenters. The molecule has 90 valence electrons. The summed E-state index contributed by atoms with van der Waals surface area (Å²) in [6, 6.07) is 0. The molecule has 1 unspecified atom stereocenters. The zero-order valence-electron chi connectivity index (χ0n) is 9.82. The van der Waals surface area contributed by atoms with Crippen LogP contribution in [-0.2, 0) is 19.1 Å². The van der Waals surface area contributed by atoms with E-state index in [0.29, 0.717) is 6.42 Å². The number of esters is 1. The Hall–Kier alpha value is -1.19. The molecule has 1 rings (SSSR count). The Kier molecular flexibility index (Phi) is 4.65. The van der Waals surface area contributed by atoms with Gasteiger partial charge in [0.2, 0.25) is 0 Å². The molecule has 0 amide bonds. The van der Waals surface area contributed by atoms with Gasteiger partial charge in [-0.15, -0.1) is 0 Å². The third-order valence-electron chi connectivity index (χ3n) is 2.77. The van der Waals surface area contributed by atoms with Crippen molar-refractivity contribution in [2.45, 2.75) is 39.0 Å². The zero-order chi connectivity index (χ0) is 12.1. The van der Waals surface area contributed by atoms with Gasteiger partial charge >= 0.3 is 5.97 Å². The molecular weight excluding hydrogens is 208 g/mol. The van der Waals surface area contributed by atoms with Crippen molar-refractivity contribution >= 4 is 17.5 Å². The number of ketones is 2. The zero-order valence-corrected chi connectivity index (χ0v) is 9.82. The van der Waals surface area contributed by atoms with Crippen molar-refractivity contribution in [3.63, 3.8) is 0 Å². The average Bonchev–Trinajstić information content (AvgIpc) is 3.08. The molecule has 0 aromatic heterocycles. The lowest BCUT2D eigenvalue weighted by Gasteiger charge is -2.12. The Labute approximate surface area is 95.3 Å². The molecule has 4 nitrogen and oxygen atoms in total. The summed E-state index contributed by atoms with van der Waals surface area (Å²) in [5, 5.41) is 0. The first kappa shape index (κ1) is 12.9. The molecule has 4 heteroatoms. The first-order valence-electron chi connectivity index (χ1n) is 5.73. The van der Waals surface area contributed by atoms with Gasteiger partial charge in [0, 0.05) is 18.8 Å². The molecule has 1 fully saturated rings. The number of carbonyl (C=O) groups is 3. The molecular formula is C12H18O4. The summed E-state index contributed by atoms with van der Waals surface area (Å²) in [4.78, 5) is 34.7. The van der Waals surface area contributed by atoms with Crippen LogP contribution in [0.5, 0.6) is 0 Å². The minimum absolute atomic E-state index is 0.00977. The molecule has 0 aliphatic heterocycles. The van der Waals surface area contributed by atoms with Crippen LogP contribution in [0.25, 0.3) is 0 Å². The summed E-state index contributed by atoms with van der Waals surface area (Å²) in [6.07, 6.45) is 2.86. The van der Waals surface area contributed by atoms with E-state index in [0.717, 1.165) is 19.3 Å². The third kappa shape index (κ3) is 3.43. The molecule has 0 aromatic carbocycles. The molecule has 0 heterocycles. The van der Waals surface area contributed by atoms with Crippen molar-refractivity contribution in [2.24, 2.45) is 11.8 Å². The van der Waals surface area contributed by atoms with Crippen molar-refractivity contribution in [2.75, 3.05) is 7.11 Å². The van der Waals surface area contributed by atoms with Gasteiger partial charge in [-0.05, 0) is 19.3 Å². The highest BCUT2D eigenvalue weighted by Gasteiger charge is 2.39. The summed E-state index contributed by atoms with van der Waals surface area (Å²) in [7, 11) is 1.25. The molecule has 0 N–H and O–H groups in total. The summed E-state index contributed by atoms with van der Waals surface area (Å²) in [6.45, 7) is 1.90. The van der Waals surface area contributed by atoms with Crippen LogP contribution in [0.15, 0.2) is 0 Å². The van der Waals surface area contributed by atoms with Crippen LogP contribution in [0.1, 0.15) is 39.0 Å². The van der Waals surface area contributed by atoms with Gasteiger partial charge in [0.1, 0.15) is 11.7 Å². The predicted octanol–water partition coefficient (Wildman–Crippen LogP) is 1.51. The summed E-state index contributed by atoms with van der Waals surface area (Å²) < 4.78 is 4.58. The smallest absolute Gasteiger partial charge is 0.316 e. The first-order valence-corrected chi connectivity index (χ1v) is 5.73. The van der Waals surface area contributed by atoms with E-state index < -0.39 is 11.9 Å². The summed E-state index contributed by atoms with van der Waals surface area (Å²) in [5.74, 6) is -1.60. The summed E-state index contributed by atoms with van der Waals surface area (Å²) >= 11 is 0. The van der Waals surface area contributed by atoms with Crippen LogP contribution in [0.3, 0.4) is 0 Å². The second kappa shape index (κ2) is 5.77. The maximum absolute atomic E-state index is 11.8. The molecule has 0 aromatic rings. The van der Waals surface area contributed by atoms with Gasteiger partial charge in [-0.25, -0.2) is 0 Å². The average molecular weight is 226 g/mol. The maximum atomic E-state index is 11.8. The second-order valence-electron chi connectivity index (χ2n) is 4.25. The monoisotopic (exact) mass is 226 g/mol. The Morgan fingerprint density at radius 3 is 2.38 bits per heavy atom. The predicted molar refractivity (Wildman–Crippen MR) is 57.8 cm³/mol. The molecule has 0 bridgehead atoms. The standard InChI is InChI=1S/C12H18O4/c1-3-4-9(13)7-10(12(15)16-2)11(14)8-5-6-8/h8,10H,3-7H2,1-2H3. The fourth-order valence-electron chi connectivity index (χ4n) is 1.70. The Morgan fingerprint density at radius 1 is 1.31 bits per heavy atom. The molecule has 1 aliphatic rings. The first-order chi connectivity index (χ1) is 7.60. The third-order valence-corrected chi connectivity index (χ3v) is 2.77. The van der Waals surface area contributed by atoms with E-state index in [4.69, 9.17) is 0 Å². The number of ether oxygens (including phenoxy) is 1. The quantitative estimate of drug-likeness (QED) is 0.487. The van der Waals surface area contributed by atoms with Crippen molar-refractivity contribution in [1.82, 2.24) is 0 Å². The number of Topliss-reactive ketones (excluding diaryl/α,β-unsaturated/α-hetero) is 2. The number of hydrogen-bond donors (Lipinski definition) is 0. The van der Waals surface area contributed by atoms with Gasteiger partial charge in [0.25, 0.3) is 0 Å². The van der Waals surface area contributed by atoms with Crippen LogP contribution in [0, 0.1) is 11.8 Å². The SMILES string of the molecule is CCCC(=O)CC(C(=O)OC)C(=O)C1CC1. The van der Waals surface area contributed by atoms with Crippen LogP contribution in [0.4, 0.5) is 0 Å². The molecule has 0 spiro atoms. The van der Waals surface area contributed by atoms with E-state index in [1.165, 1.54) is 7.11 Å². The van der Waals surface area contributed by atoms with Gasteiger partial charge in [-0.1, -0.05) is 6.92 Å². The van der Waals surface area contributed by atoms with Gasteiger partial charge in [0.15, 0.2) is 5.78 Å². The Balaban J connectivity index is 2.59. The number of hydrogen-bond acceptors (Lipinski definition) is 4. The van der Waals surface area contributed by atoms with E-state index in [-0.39, 0.29) is 23.9 Å². The van der Waals surface area contributed by atoms with Crippen LogP contribution in [0.2, 0.25) is 0 Å². The van der Waals surface area contributed by atoms with E-state index >= 15 is 0 Å². The number of carbonyl (C=O) groups excluding carboxylic acids is 3. The highest BCUT2D eigenvalue weighted by atomic mass is 16.5. The fourth-order valence-corrected chi connectivity index (χ4v) is 1.70. The second-order valence-corrected chi connectivity index (χ2v) is 4.25. The van der Waals surface area contributed by atoms with Gasteiger partial charge in [-0.2, -0.15) is 0 Å². The molecule has 16 heavy (non-hydrogen) atoms. The van der Waals surface area contributed by atoms with Crippen molar-refractivity contribution in [1.29, 1.82) is 0 Å². The number of rotatable bonds is 7. The summed E-state index contributed by atoms with van der Waals surface area (Å²) in [5.41, 5.74) is 0. The highest BCUT2D eigenvalue weighted by Crippen LogP contribution is 2.33. The number of methoxy groups -OCH3 is 1. The van der Waals surface area contributed by atoms with E-state index in [2.05, 4.69) is 4.74 Å².